The summed E-state index contributed by atoms with van der Waals surface area (Å²) in [5.41, 5.74) is 7.00. The van der Waals surface area contributed by atoms with Gasteiger partial charge in [-0.3, -0.25) is 9.59 Å². The molecule has 10 nitrogen and oxygen atoms in total. The Labute approximate surface area is 191 Å². The topological polar surface area (TPSA) is 139 Å². The minimum absolute atomic E-state index is 0.126. The van der Waals surface area contributed by atoms with E-state index in [1.54, 1.807) is 24.3 Å². The average Bonchev–Trinajstić information content (AvgIpc) is 3.38. The van der Waals surface area contributed by atoms with Crippen molar-refractivity contribution in [1.29, 1.82) is 0 Å². The molecule has 33 heavy (non-hydrogen) atoms. The van der Waals surface area contributed by atoms with E-state index in [0.29, 0.717) is 23.6 Å². The molecule has 1 fully saturated rings. The Bertz CT molecular complexity index is 1060. The molecule has 2 aromatic carbocycles. The minimum atomic E-state index is -0.504. The van der Waals surface area contributed by atoms with E-state index in [1.807, 2.05) is 24.3 Å². The number of para-hydroxylation sites is 1. The fraction of sp³-hybridized carbons (Fsp3) is 0.348. The number of carbonyl (C=O) groups excluding carboxylic acids is 2. The van der Waals surface area contributed by atoms with Crippen LogP contribution >= 0.6 is 0 Å². The van der Waals surface area contributed by atoms with Gasteiger partial charge in [0.05, 0.1) is 12.2 Å². The van der Waals surface area contributed by atoms with Crippen molar-refractivity contribution in [1.82, 2.24) is 30.8 Å². The van der Waals surface area contributed by atoms with Crippen LogP contribution in [0.4, 0.5) is 0 Å². The van der Waals surface area contributed by atoms with E-state index in [1.165, 1.54) is 0 Å². The third-order valence-electron chi connectivity index (χ3n) is 5.72. The highest BCUT2D eigenvalue weighted by Gasteiger charge is 2.21. The lowest BCUT2D eigenvalue weighted by Crippen LogP contribution is -2.45. The molecule has 1 saturated heterocycles. The van der Waals surface area contributed by atoms with E-state index < -0.39 is 5.91 Å². The normalized spacial score (nSPS) is 14.7. The number of nitrogens with two attached hydrogens (primary N) is 1. The summed E-state index contributed by atoms with van der Waals surface area (Å²) in [6, 6.07) is 14.2. The molecule has 1 aliphatic rings. The summed E-state index contributed by atoms with van der Waals surface area (Å²) in [5, 5.41) is 17.0. The van der Waals surface area contributed by atoms with Gasteiger partial charge in [0, 0.05) is 36.8 Å². The summed E-state index contributed by atoms with van der Waals surface area (Å²) in [6.45, 7) is 3.37. The van der Waals surface area contributed by atoms with Crippen LogP contribution in [0.15, 0.2) is 48.5 Å². The second kappa shape index (κ2) is 10.7. The third kappa shape index (κ3) is 5.92. The maximum absolute atomic E-state index is 12.5. The lowest BCUT2D eigenvalue weighted by atomic mass is 10.0. The first-order valence-electron chi connectivity index (χ1n) is 11.0. The van der Waals surface area contributed by atoms with Gasteiger partial charge in [0.25, 0.3) is 5.91 Å². The summed E-state index contributed by atoms with van der Waals surface area (Å²) in [6.07, 6.45) is 2.69. The molecule has 2 amide bonds. The quantitative estimate of drug-likeness (QED) is 0.422. The van der Waals surface area contributed by atoms with Gasteiger partial charge >= 0.3 is 0 Å². The predicted molar refractivity (Wildman–Crippen MR) is 122 cm³/mol. The molecular formula is C23H27N7O3. The summed E-state index contributed by atoms with van der Waals surface area (Å²) in [7, 11) is 0. The van der Waals surface area contributed by atoms with Crippen LogP contribution in [0.3, 0.4) is 0 Å². The highest BCUT2D eigenvalue weighted by Crippen LogP contribution is 2.26. The zero-order chi connectivity index (χ0) is 23.0. The number of benzene rings is 2. The second-order valence-corrected chi connectivity index (χ2v) is 7.98. The Kier molecular flexibility index (Phi) is 7.26. The SMILES string of the molecule is NC(=O)c1ccc(C(=O)NC2CCN(CCCOc3ccccc3-c3nnn[nH]3)CC2)cc1. The van der Waals surface area contributed by atoms with Gasteiger partial charge in [-0.15, -0.1) is 5.10 Å². The Hall–Kier alpha value is -3.79. The van der Waals surface area contributed by atoms with Crippen molar-refractivity contribution >= 4 is 11.8 Å². The number of ether oxygens (including phenoxy) is 1. The molecular weight excluding hydrogens is 422 g/mol. The summed E-state index contributed by atoms with van der Waals surface area (Å²) >= 11 is 0. The zero-order valence-corrected chi connectivity index (χ0v) is 18.2. The molecule has 4 rings (SSSR count). The van der Waals surface area contributed by atoms with Crippen molar-refractivity contribution in [3.8, 4) is 17.1 Å². The number of aromatic amines is 1. The number of carbonyl (C=O) groups is 2. The summed E-state index contributed by atoms with van der Waals surface area (Å²) in [5.74, 6) is 0.703. The van der Waals surface area contributed by atoms with Crippen LogP contribution in [0.2, 0.25) is 0 Å². The van der Waals surface area contributed by atoms with Gasteiger partial charge in [-0.25, -0.2) is 5.10 Å². The Balaban J connectivity index is 1.17. The number of primary amides is 1. The van der Waals surface area contributed by atoms with E-state index >= 15 is 0 Å². The van der Waals surface area contributed by atoms with Crippen LogP contribution in [0, 0.1) is 0 Å². The lowest BCUT2D eigenvalue weighted by Gasteiger charge is -2.32. The van der Waals surface area contributed by atoms with E-state index in [4.69, 9.17) is 10.5 Å². The molecule has 0 unspecified atom stereocenters. The second-order valence-electron chi connectivity index (χ2n) is 7.98. The van der Waals surface area contributed by atoms with Crippen LogP contribution in [0.25, 0.3) is 11.4 Å². The predicted octanol–water partition coefficient (Wildman–Crippen LogP) is 1.63. The Morgan fingerprint density at radius 2 is 1.82 bits per heavy atom. The zero-order valence-electron chi connectivity index (χ0n) is 18.2. The van der Waals surface area contributed by atoms with E-state index in [2.05, 4.69) is 30.8 Å². The van der Waals surface area contributed by atoms with Gasteiger partial charge in [-0.2, -0.15) is 0 Å². The van der Waals surface area contributed by atoms with Gasteiger partial charge in [0.15, 0.2) is 5.82 Å². The molecule has 0 radical (unpaired) electrons. The Morgan fingerprint density at radius 3 is 2.52 bits per heavy atom. The van der Waals surface area contributed by atoms with Crippen molar-refractivity contribution < 1.29 is 14.3 Å². The number of aromatic nitrogens is 4. The summed E-state index contributed by atoms with van der Waals surface area (Å²) < 4.78 is 5.97. The van der Waals surface area contributed by atoms with Gasteiger partial charge in [0.1, 0.15) is 5.75 Å². The molecule has 10 heteroatoms. The van der Waals surface area contributed by atoms with E-state index in [-0.39, 0.29) is 11.9 Å². The standard InChI is InChI=1S/C23H27N7O3/c24-21(31)16-6-8-17(9-7-16)23(32)25-18-10-13-30(14-11-18)12-3-15-33-20-5-2-1-4-19(20)22-26-28-29-27-22/h1-2,4-9,18H,3,10-15H2,(H2,24,31)(H,25,32)(H,26,27,28,29). The first-order chi connectivity index (χ1) is 16.1. The van der Waals surface area contributed by atoms with Crippen molar-refractivity contribution in [2.45, 2.75) is 25.3 Å². The molecule has 0 bridgehead atoms. The van der Waals surface area contributed by atoms with Gasteiger partial charge in [0.2, 0.25) is 5.91 Å². The molecule has 172 valence electrons. The number of likely N-dealkylation sites (tertiary alicyclic amines) is 1. The smallest absolute Gasteiger partial charge is 0.251 e. The van der Waals surface area contributed by atoms with Gasteiger partial charge in [-0.05, 0) is 66.1 Å². The number of amides is 2. The van der Waals surface area contributed by atoms with E-state index in [0.717, 1.165) is 50.2 Å². The first-order valence-corrected chi connectivity index (χ1v) is 11.0. The molecule has 2 heterocycles. The first kappa shape index (κ1) is 22.4. The van der Waals surface area contributed by atoms with Crippen molar-refractivity contribution in [2.75, 3.05) is 26.2 Å². The molecule has 0 aliphatic carbocycles. The molecule has 3 aromatic rings. The average molecular weight is 450 g/mol. The fourth-order valence-electron chi connectivity index (χ4n) is 3.89. The third-order valence-corrected chi connectivity index (χ3v) is 5.72. The molecule has 1 aromatic heterocycles. The molecule has 0 saturated carbocycles. The van der Waals surface area contributed by atoms with Crippen molar-refractivity contribution in [3.05, 3.63) is 59.7 Å². The minimum Gasteiger partial charge on any atom is -0.493 e. The van der Waals surface area contributed by atoms with Crippen LogP contribution < -0.4 is 15.8 Å². The van der Waals surface area contributed by atoms with Crippen LogP contribution in [-0.2, 0) is 0 Å². The molecule has 4 N–H and O–H groups in total. The number of hydrogen-bond acceptors (Lipinski definition) is 7. The number of rotatable bonds is 9. The monoisotopic (exact) mass is 449 g/mol. The molecule has 0 spiro atoms. The van der Waals surface area contributed by atoms with Crippen LogP contribution in [0.1, 0.15) is 40.0 Å². The van der Waals surface area contributed by atoms with Gasteiger partial charge < -0.3 is 20.7 Å². The maximum atomic E-state index is 12.5. The highest BCUT2D eigenvalue weighted by atomic mass is 16.5. The maximum Gasteiger partial charge on any atom is 0.251 e. The Morgan fingerprint density at radius 1 is 1.09 bits per heavy atom. The number of tetrazole rings is 1. The van der Waals surface area contributed by atoms with Crippen molar-refractivity contribution in [3.63, 3.8) is 0 Å². The number of nitrogens with one attached hydrogen (secondary N) is 2. The largest absolute Gasteiger partial charge is 0.493 e. The van der Waals surface area contributed by atoms with Crippen LogP contribution in [-0.4, -0.2) is 69.6 Å². The highest BCUT2D eigenvalue weighted by molar-refractivity contribution is 5.97. The summed E-state index contributed by atoms with van der Waals surface area (Å²) in [4.78, 5) is 26.0. The van der Waals surface area contributed by atoms with Crippen molar-refractivity contribution in [2.24, 2.45) is 5.73 Å². The van der Waals surface area contributed by atoms with E-state index in [9.17, 15) is 9.59 Å². The number of nitrogens with zero attached hydrogens (tertiary/aromatic N) is 4. The number of hydrogen-bond donors (Lipinski definition) is 3. The number of H-pyrrole nitrogens is 1. The van der Waals surface area contributed by atoms with Gasteiger partial charge in [-0.1, -0.05) is 12.1 Å². The fourth-order valence-corrected chi connectivity index (χ4v) is 3.89. The lowest BCUT2D eigenvalue weighted by molar-refractivity contribution is 0.0908. The number of piperidine rings is 1. The molecule has 1 aliphatic heterocycles. The van der Waals surface area contributed by atoms with Crippen LogP contribution in [0.5, 0.6) is 5.75 Å². The molecule has 0 atom stereocenters.